The third kappa shape index (κ3) is 2.22. The van der Waals surface area contributed by atoms with Crippen molar-refractivity contribution in [2.75, 3.05) is 7.11 Å². The third-order valence-corrected chi connectivity index (χ3v) is 2.39. The monoisotopic (exact) mass is 211 g/mol. The highest BCUT2D eigenvalue weighted by Gasteiger charge is 2.01. The lowest BCUT2D eigenvalue weighted by Gasteiger charge is -2.05. The van der Waals surface area contributed by atoms with Gasteiger partial charge in [-0.25, -0.2) is 4.98 Å². The average Bonchev–Trinajstić information content (AvgIpc) is 2.39. The molecule has 0 saturated carbocycles. The van der Waals surface area contributed by atoms with Crippen LogP contribution >= 0.6 is 0 Å². The highest BCUT2D eigenvalue weighted by atomic mass is 16.5. The molecule has 80 valence electrons. The van der Waals surface area contributed by atoms with Gasteiger partial charge in [0, 0.05) is 11.6 Å². The number of pyridine rings is 1. The molecular weight excluding hydrogens is 198 g/mol. The second-order valence-corrected chi connectivity index (χ2v) is 3.47. The normalized spacial score (nSPS) is 10.1. The topological polar surface area (TPSA) is 22.1 Å². The van der Waals surface area contributed by atoms with Crippen LogP contribution in [0.4, 0.5) is 0 Å². The van der Waals surface area contributed by atoms with E-state index in [2.05, 4.69) is 4.98 Å². The molecule has 0 spiro atoms. The number of rotatable bonds is 3. The molecule has 16 heavy (non-hydrogen) atoms. The quantitative estimate of drug-likeness (QED) is 0.778. The number of nitrogens with zero attached hydrogens (tertiary/aromatic N) is 1. The first-order valence-corrected chi connectivity index (χ1v) is 5.14. The number of hydrogen-bond acceptors (Lipinski definition) is 2. The van der Waals surface area contributed by atoms with E-state index in [0.29, 0.717) is 12.3 Å². The van der Waals surface area contributed by atoms with Crippen molar-refractivity contribution in [2.45, 2.75) is 6.42 Å². The van der Waals surface area contributed by atoms with Crippen LogP contribution < -0.4 is 4.74 Å². The maximum atomic E-state index is 5.61. The van der Waals surface area contributed by atoms with Crippen LogP contribution in [0.25, 0.3) is 11.3 Å². The van der Waals surface area contributed by atoms with E-state index in [1.54, 1.807) is 7.11 Å². The lowest BCUT2D eigenvalue weighted by molar-refractivity contribution is 0.398. The van der Waals surface area contributed by atoms with Crippen LogP contribution in [-0.4, -0.2) is 12.1 Å². The summed E-state index contributed by atoms with van der Waals surface area (Å²) in [5.74, 6) is 0.621. The van der Waals surface area contributed by atoms with E-state index in [0.717, 1.165) is 16.8 Å². The van der Waals surface area contributed by atoms with Crippen LogP contribution in [-0.2, 0) is 6.42 Å². The van der Waals surface area contributed by atoms with Crippen LogP contribution in [0.15, 0.2) is 42.5 Å². The summed E-state index contributed by atoms with van der Waals surface area (Å²) in [6, 6.07) is 13.8. The second kappa shape index (κ2) is 4.79. The van der Waals surface area contributed by atoms with Gasteiger partial charge in [0.25, 0.3) is 0 Å². The van der Waals surface area contributed by atoms with Gasteiger partial charge in [-0.1, -0.05) is 24.3 Å². The molecule has 2 rings (SSSR count). The fourth-order valence-corrected chi connectivity index (χ4v) is 1.55. The lowest BCUT2D eigenvalue weighted by atomic mass is 10.1. The molecule has 2 nitrogen and oxygen atoms in total. The molecule has 0 fully saturated rings. The first-order chi connectivity index (χ1) is 7.83. The molecule has 2 radical (unpaired) electrons. The predicted molar refractivity (Wildman–Crippen MR) is 64.2 cm³/mol. The smallest absolute Gasteiger partial charge is 0.213 e. The van der Waals surface area contributed by atoms with Crippen molar-refractivity contribution in [1.29, 1.82) is 0 Å². The summed E-state index contributed by atoms with van der Waals surface area (Å²) in [5.41, 5.74) is 3.05. The molecule has 1 heterocycles. The maximum absolute atomic E-state index is 5.61. The third-order valence-electron chi connectivity index (χ3n) is 2.39. The van der Waals surface area contributed by atoms with Gasteiger partial charge in [0.05, 0.1) is 12.8 Å². The maximum Gasteiger partial charge on any atom is 0.213 e. The summed E-state index contributed by atoms with van der Waals surface area (Å²) in [4.78, 5) is 4.37. The second-order valence-electron chi connectivity index (χ2n) is 3.47. The summed E-state index contributed by atoms with van der Waals surface area (Å²) in [5, 5.41) is 0. The summed E-state index contributed by atoms with van der Waals surface area (Å²) >= 11 is 0. The van der Waals surface area contributed by atoms with Gasteiger partial charge in [0.2, 0.25) is 5.88 Å². The van der Waals surface area contributed by atoms with Gasteiger partial charge in [-0.3, -0.25) is 0 Å². The van der Waals surface area contributed by atoms with Crippen molar-refractivity contribution in [3.05, 3.63) is 55.0 Å². The zero-order chi connectivity index (χ0) is 11.4. The number of hydrogen-bond donors (Lipinski definition) is 0. The molecule has 0 aliphatic heterocycles. The van der Waals surface area contributed by atoms with Crippen LogP contribution in [0, 0.1) is 6.92 Å². The highest BCUT2D eigenvalue weighted by molar-refractivity contribution is 5.60. The molecule has 0 atom stereocenters. The summed E-state index contributed by atoms with van der Waals surface area (Å²) < 4.78 is 5.10. The van der Waals surface area contributed by atoms with Gasteiger partial charge >= 0.3 is 0 Å². The minimum atomic E-state index is 0.539. The Kier molecular flexibility index (Phi) is 3.20. The van der Waals surface area contributed by atoms with Gasteiger partial charge in [0.15, 0.2) is 0 Å². The van der Waals surface area contributed by atoms with Gasteiger partial charge in [-0.2, -0.15) is 0 Å². The van der Waals surface area contributed by atoms with Crippen LogP contribution in [0.3, 0.4) is 0 Å². The summed E-state index contributed by atoms with van der Waals surface area (Å²) in [6.45, 7) is 5.61. The molecule has 0 amide bonds. The Morgan fingerprint density at radius 2 is 2.00 bits per heavy atom. The predicted octanol–water partition coefficient (Wildman–Crippen LogP) is 3.01. The van der Waals surface area contributed by atoms with Crippen molar-refractivity contribution in [3.63, 3.8) is 0 Å². The first kappa shape index (κ1) is 10.7. The number of methoxy groups -OCH3 is 1. The molecule has 0 bridgehead atoms. The van der Waals surface area contributed by atoms with E-state index in [9.17, 15) is 0 Å². The van der Waals surface area contributed by atoms with Crippen molar-refractivity contribution in [2.24, 2.45) is 0 Å². The van der Waals surface area contributed by atoms with Crippen molar-refractivity contribution >= 4 is 0 Å². The van der Waals surface area contributed by atoms with E-state index in [4.69, 9.17) is 11.7 Å². The Labute approximate surface area is 95.9 Å². The summed E-state index contributed by atoms with van der Waals surface area (Å²) in [7, 11) is 1.61. The molecule has 0 saturated heterocycles. The fourth-order valence-electron chi connectivity index (χ4n) is 1.55. The standard InChI is InChI=1S/C14H13NO/c1-3-11-6-4-7-12(10-11)13-8-5-9-14(15-13)16-2/h1,4-10H,3H2,2H3. The zero-order valence-corrected chi connectivity index (χ0v) is 9.18. The van der Waals surface area contributed by atoms with Gasteiger partial charge in [-0.05, 0) is 31.0 Å². The minimum Gasteiger partial charge on any atom is -0.481 e. The van der Waals surface area contributed by atoms with E-state index in [1.807, 2.05) is 42.5 Å². The van der Waals surface area contributed by atoms with Crippen molar-refractivity contribution in [3.8, 4) is 17.1 Å². The average molecular weight is 211 g/mol. The van der Waals surface area contributed by atoms with Crippen LogP contribution in [0.2, 0.25) is 0 Å². The van der Waals surface area contributed by atoms with Gasteiger partial charge in [-0.15, -0.1) is 0 Å². The van der Waals surface area contributed by atoms with Gasteiger partial charge < -0.3 is 4.74 Å². The number of benzene rings is 1. The van der Waals surface area contributed by atoms with E-state index in [1.165, 1.54) is 0 Å². The van der Waals surface area contributed by atoms with Crippen LogP contribution in [0.1, 0.15) is 5.56 Å². The number of ether oxygens (including phenoxy) is 1. The summed E-state index contributed by atoms with van der Waals surface area (Å²) in [6.07, 6.45) is 0.539. The van der Waals surface area contributed by atoms with E-state index in [-0.39, 0.29) is 0 Å². The van der Waals surface area contributed by atoms with Crippen molar-refractivity contribution < 1.29 is 4.74 Å². The van der Waals surface area contributed by atoms with E-state index >= 15 is 0 Å². The minimum absolute atomic E-state index is 0.539. The van der Waals surface area contributed by atoms with E-state index < -0.39 is 0 Å². The Morgan fingerprint density at radius 3 is 2.75 bits per heavy atom. The molecule has 2 heteroatoms. The lowest BCUT2D eigenvalue weighted by Crippen LogP contribution is -1.90. The highest BCUT2D eigenvalue weighted by Crippen LogP contribution is 2.20. The molecule has 0 aliphatic rings. The first-order valence-electron chi connectivity index (χ1n) is 5.14. The largest absolute Gasteiger partial charge is 0.481 e. The number of aromatic nitrogens is 1. The SMILES string of the molecule is [CH]Cc1cccc(-c2cccc(OC)n2)c1. The molecule has 1 aromatic carbocycles. The molecule has 2 aromatic rings. The Bertz CT molecular complexity index is 434. The Morgan fingerprint density at radius 1 is 1.19 bits per heavy atom. The molecule has 1 aromatic heterocycles. The Balaban J connectivity index is 2.41. The molecule has 0 unspecified atom stereocenters. The molecule has 0 N–H and O–H groups in total. The van der Waals surface area contributed by atoms with Crippen LogP contribution in [0.5, 0.6) is 5.88 Å². The Hall–Kier alpha value is -1.83. The molecular formula is C14H13NO. The fraction of sp³-hybridized carbons (Fsp3) is 0.143. The zero-order valence-electron chi connectivity index (χ0n) is 9.18. The molecule has 0 aliphatic carbocycles. The van der Waals surface area contributed by atoms with Gasteiger partial charge in [0.1, 0.15) is 0 Å². The van der Waals surface area contributed by atoms with Crippen molar-refractivity contribution in [1.82, 2.24) is 4.98 Å².